The number of aliphatic hydroxyl groups is 1. The minimum atomic E-state index is -0.491. The largest absolute Gasteiger partial charge is 0.387 e. The van der Waals surface area contributed by atoms with Gasteiger partial charge in [0.15, 0.2) is 0 Å². The molecule has 2 rings (SSSR count). The Morgan fingerprint density at radius 1 is 1.11 bits per heavy atom. The van der Waals surface area contributed by atoms with Crippen molar-refractivity contribution in [1.29, 1.82) is 0 Å². The van der Waals surface area contributed by atoms with Gasteiger partial charge in [0.2, 0.25) is 0 Å². The molecule has 3 heteroatoms. The molecule has 0 fully saturated rings. The van der Waals surface area contributed by atoms with Crippen LogP contribution in [0.25, 0.3) is 0 Å². The maximum absolute atomic E-state index is 10.1. The molecule has 2 aromatic rings. The highest BCUT2D eigenvalue weighted by Crippen LogP contribution is 2.18. The zero-order valence-electron chi connectivity index (χ0n) is 11.5. The number of benzene rings is 1. The Labute approximate surface area is 114 Å². The van der Waals surface area contributed by atoms with E-state index in [2.05, 4.69) is 34.1 Å². The summed E-state index contributed by atoms with van der Waals surface area (Å²) < 4.78 is 0. The Hall–Kier alpha value is -1.87. The average molecular weight is 256 g/mol. The molecule has 1 aromatic carbocycles. The Kier molecular flexibility index (Phi) is 4.53. The van der Waals surface area contributed by atoms with Crippen LogP contribution in [0, 0.1) is 0 Å². The maximum atomic E-state index is 10.1. The SMILES string of the molecule is CN(C)c1ccc(CCC(O)c2ccccn2)cc1. The van der Waals surface area contributed by atoms with Crippen LogP contribution in [0.2, 0.25) is 0 Å². The van der Waals surface area contributed by atoms with Gasteiger partial charge in [-0.2, -0.15) is 0 Å². The summed E-state index contributed by atoms with van der Waals surface area (Å²) in [7, 11) is 4.06. The fourth-order valence-corrected chi connectivity index (χ4v) is 1.99. The first-order valence-corrected chi connectivity index (χ1v) is 6.52. The van der Waals surface area contributed by atoms with Gasteiger partial charge in [-0.3, -0.25) is 4.98 Å². The van der Waals surface area contributed by atoms with Crippen LogP contribution in [0.5, 0.6) is 0 Å². The van der Waals surface area contributed by atoms with Crippen LogP contribution in [-0.2, 0) is 6.42 Å². The molecule has 0 bridgehead atoms. The zero-order chi connectivity index (χ0) is 13.7. The van der Waals surface area contributed by atoms with Gasteiger partial charge in [0, 0.05) is 26.0 Å². The topological polar surface area (TPSA) is 36.4 Å². The minimum Gasteiger partial charge on any atom is -0.387 e. The van der Waals surface area contributed by atoms with Gasteiger partial charge in [0.1, 0.15) is 0 Å². The van der Waals surface area contributed by atoms with Gasteiger partial charge in [-0.25, -0.2) is 0 Å². The number of hydrogen-bond donors (Lipinski definition) is 1. The molecule has 0 amide bonds. The second-order valence-corrected chi connectivity index (χ2v) is 4.87. The average Bonchev–Trinajstić information content (AvgIpc) is 2.46. The lowest BCUT2D eigenvalue weighted by molar-refractivity contribution is 0.163. The molecule has 19 heavy (non-hydrogen) atoms. The van der Waals surface area contributed by atoms with Crippen molar-refractivity contribution in [2.24, 2.45) is 0 Å². The molecular formula is C16H20N2O. The van der Waals surface area contributed by atoms with Gasteiger partial charge >= 0.3 is 0 Å². The van der Waals surface area contributed by atoms with Crippen LogP contribution in [0.4, 0.5) is 5.69 Å². The first-order valence-electron chi connectivity index (χ1n) is 6.52. The first kappa shape index (κ1) is 13.6. The Balaban J connectivity index is 1.92. The van der Waals surface area contributed by atoms with Crippen LogP contribution < -0.4 is 4.90 Å². The van der Waals surface area contributed by atoms with Crippen LogP contribution in [0.3, 0.4) is 0 Å². The second kappa shape index (κ2) is 6.34. The van der Waals surface area contributed by atoms with E-state index in [0.29, 0.717) is 6.42 Å². The molecule has 1 heterocycles. The van der Waals surface area contributed by atoms with Gasteiger partial charge in [-0.15, -0.1) is 0 Å². The molecule has 0 saturated carbocycles. The molecule has 1 unspecified atom stereocenters. The van der Waals surface area contributed by atoms with E-state index in [-0.39, 0.29) is 0 Å². The summed E-state index contributed by atoms with van der Waals surface area (Å²) in [5, 5.41) is 10.1. The summed E-state index contributed by atoms with van der Waals surface area (Å²) in [6, 6.07) is 14.0. The number of pyridine rings is 1. The summed E-state index contributed by atoms with van der Waals surface area (Å²) in [6.07, 6.45) is 2.77. The molecule has 1 atom stereocenters. The quantitative estimate of drug-likeness (QED) is 0.893. The van der Waals surface area contributed by atoms with Crippen molar-refractivity contribution in [2.75, 3.05) is 19.0 Å². The highest BCUT2D eigenvalue weighted by molar-refractivity contribution is 5.46. The Bertz CT molecular complexity index is 494. The van der Waals surface area contributed by atoms with Crippen molar-refractivity contribution in [3.05, 3.63) is 59.9 Å². The van der Waals surface area contributed by atoms with Crippen LogP contribution in [0.15, 0.2) is 48.7 Å². The van der Waals surface area contributed by atoms with E-state index in [1.807, 2.05) is 32.3 Å². The third-order valence-electron chi connectivity index (χ3n) is 3.19. The summed E-state index contributed by atoms with van der Waals surface area (Å²) in [5.41, 5.74) is 3.17. The highest BCUT2D eigenvalue weighted by atomic mass is 16.3. The summed E-state index contributed by atoms with van der Waals surface area (Å²) in [6.45, 7) is 0. The molecule has 0 saturated heterocycles. The molecule has 0 spiro atoms. The smallest absolute Gasteiger partial charge is 0.0962 e. The predicted octanol–water partition coefficient (Wildman–Crippen LogP) is 2.81. The maximum Gasteiger partial charge on any atom is 0.0962 e. The number of rotatable bonds is 5. The van der Waals surface area contributed by atoms with Crippen molar-refractivity contribution in [3.8, 4) is 0 Å². The molecule has 0 aliphatic carbocycles. The molecule has 1 N–H and O–H groups in total. The van der Waals surface area contributed by atoms with E-state index in [0.717, 1.165) is 12.1 Å². The lowest BCUT2D eigenvalue weighted by atomic mass is 10.0. The van der Waals surface area contributed by atoms with Crippen LogP contribution in [-0.4, -0.2) is 24.2 Å². The molecule has 0 aliphatic heterocycles. The van der Waals surface area contributed by atoms with Gasteiger partial charge in [0.05, 0.1) is 11.8 Å². The van der Waals surface area contributed by atoms with Crippen LogP contribution >= 0.6 is 0 Å². The first-order chi connectivity index (χ1) is 9.16. The number of aryl methyl sites for hydroxylation is 1. The zero-order valence-corrected chi connectivity index (χ0v) is 11.5. The standard InChI is InChI=1S/C16H20N2O/c1-18(2)14-9-6-13(7-10-14)8-11-16(19)15-5-3-4-12-17-15/h3-7,9-10,12,16,19H,8,11H2,1-2H3. The van der Waals surface area contributed by atoms with Crippen molar-refractivity contribution in [1.82, 2.24) is 4.98 Å². The van der Waals surface area contributed by atoms with E-state index in [4.69, 9.17) is 0 Å². The molecule has 0 radical (unpaired) electrons. The van der Waals surface area contributed by atoms with Crippen molar-refractivity contribution >= 4 is 5.69 Å². The number of anilines is 1. The lowest BCUT2D eigenvalue weighted by Crippen LogP contribution is -2.08. The van der Waals surface area contributed by atoms with Gasteiger partial charge in [-0.1, -0.05) is 18.2 Å². The van der Waals surface area contributed by atoms with E-state index in [1.54, 1.807) is 6.20 Å². The Morgan fingerprint density at radius 2 is 1.84 bits per heavy atom. The fourth-order valence-electron chi connectivity index (χ4n) is 1.99. The molecule has 0 aliphatic rings. The van der Waals surface area contributed by atoms with E-state index in [1.165, 1.54) is 11.3 Å². The number of hydrogen-bond acceptors (Lipinski definition) is 3. The number of nitrogens with zero attached hydrogens (tertiary/aromatic N) is 2. The molecule has 3 nitrogen and oxygen atoms in total. The van der Waals surface area contributed by atoms with E-state index < -0.39 is 6.10 Å². The Morgan fingerprint density at radius 3 is 2.42 bits per heavy atom. The predicted molar refractivity (Wildman–Crippen MR) is 78.3 cm³/mol. The molecule has 1 aromatic heterocycles. The number of aliphatic hydroxyl groups excluding tert-OH is 1. The lowest BCUT2D eigenvalue weighted by Gasteiger charge is -2.13. The number of aromatic nitrogens is 1. The van der Waals surface area contributed by atoms with E-state index >= 15 is 0 Å². The van der Waals surface area contributed by atoms with Crippen LogP contribution in [0.1, 0.15) is 23.8 Å². The molecule has 100 valence electrons. The van der Waals surface area contributed by atoms with Gasteiger partial charge < -0.3 is 10.0 Å². The summed E-state index contributed by atoms with van der Waals surface area (Å²) >= 11 is 0. The highest BCUT2D eigenvalue weighted by Gasteiger charge is 2.08. The van der Waals surface area contributed by atoms with Crippen molar-refractivity contribution in [2.45, 2.75) is 18.9 Å². The summed E-state index contributed by atoms with van der Waals surface area (Å²) in [5.74, 6) is 0. The van der Waals surface area contributed by atoms with E-state index in [9.17, 15) is 5.11 Å². The van der Waals surface area contributed by atoms with Crippen molar-refractivity contribution < 1.29 is 5.11 Å². The van der Waals surface area contributed by atoms with Gasteiger partial charge in [0.25, 0.3) is 0 Å². The normalized spacial score (nSPS) is 12.2. The minimum absolute atomic E-state index is 0.491. The van der Waals surface area contributed by atoms with Gasteiger partial charge in [-0.05, 0) is 42.7 Å². The third-order valence-corrected chi connectivity index (χ3v) is 3.19. The third kappa shape index (κ3) is 3.80. The van der Waals surface area contributed by atoms with Crippen molar-refractivity contribution in [3.63, 3.8) is 0 Å². The summed E-state index contributed by atoms with van der Waals surface area (Å²) in [4.78, 5) is 6.25. The second-order valence-electron chi connectivity index (χ2n) is 4.87. The fraction of sp³-hybridized carbons (Fsp3) is 0.312. The molecular weight excluding hydrogens is 236 g/mol. The monoisotopic (exact) mass is 256 g/mol.